The third-order valence-electron chi connectivity index (χ3n) is 3.56. The maximum atomic E-state index is 12.5. The van der Waals surface area contributed by atoms with Gasteiger partial charge >= 0.3 is 0 Å². The first-order chi connectivity index (χ1) is 11.2. The Labute approximate surface area is 143 Å². The number of aliphatic imine (C=N–C) groups is 1. The quantitative estimate of drug-likeness (QED) is 0.852. The van der Waals surface area contributed by atoms with Gasteiger partial charge in [-0.15, -0.1) is 0 Å². The summed E-state index contributed by atoms with van der Waals surface area (Å²) in [5.74, 6) is 0.0166. The SMILES string of the molecule is CCC1=C(c2ccc(C)cc2)S(=O)(=O)NC1=NCC(=O)NC(C)C. The molecule has 7 heteroatoms. The van der Waals surface area contributed by atoms with Crippen molar-refractivity contribution in [3.63, 3.8) is 0 Å². The molecule has 24 heavy (non-hydrogen) atoms. The van der Waals surface area contributed by atoms with Crippen LogP contribution in [0.1, 0.15) is 38.3 Å². The molecule has 0 atom stereocenters. The Morgan fingerprint density at radius 1 is 1.25 bits per heavy atom. The van der Waals surface area contributed by atoms with Gasteiger partial charge in [0.1, 0.15) is 17.3 Å². The summed E-state index contributed by atoms with van der Waals surface area (Å²) in [4.78, 5) is 16.2. The van der Waals surface area contributed by atoms with E-state index in [1.165, 1.54) is 0 Å². The summed E-state index contributed by atoms with van der Waals surface area (Å²) in [6.45, 7) is 7.42. The number of carbonyl (C=O) groups excluding carboxylic acids is 1. The molecule has 2 rings (SSSR count). The standard InChI is InChI=1S/C17H23N3O3S/c1-5-14-16(13-8-6-12(4)7-9-13)24(22,23)20-17(14)18-10-15(21)19-11(2)3/h6-9,11H,5,10H2,1-4H3,(H,18,20)(H,19,21). The Hall–Kier alpha value is -2.15. The number of carbonyl (C=O) groups is 1. The minimum absolute atomic E-state index is 0.0160. The highest BCUT2D eigenvalue weighted by Crippen LogP contribution is 2.31. The van der Waals surface area contributed by atoms with Gasteiger partial charge in [-0.2, -0.15) is 0 Å². The minimum Gasteiger partial charge on any atom is -0.352 e. The van der Waals surface area contributed by atoms with Gasteiger partial charge in [0.25, 0.3) is 10.0 Å². The topological polar surface area (TPSA) is 87.6 Å². The van der Waals surface area contributed by atoms with Crippen molar-refractivity contribution in [3.8, 4) is 0 Å². The second kappa shape index (κ2) is 7.17. The van der Waals surface area contributed by atoms with Gasteiger partial charge in [-0.1, -0.05) is 36.8 Å². The van der Waals surface area contributed by atoms with Crippen molar-refractivity contribution in [1.29, 1.82) is 0 Å². The fourth-order valence-corrected chi connectivity index (χ4v) is 4.07. The molecular weight excluding hydrogens is 326 g/mol. The molecule has 130 valence electrons. The number of amidine groups is 1. The number of hydrogen-bond donors (Lipinski definition) is 2. The fourth-order valence-electron chi connectivity index (χ4n) is 2.52. The van der Waals surface area contributed by atoms with Gasteiger partial charge in [0, 0.05) is 11.6 Å². The first-order valence-corrected chi connectivity index (χ1v) is 9.40. The van der Waals surface area contributed by atoms with Crippen LogP contribution < -0.4 is 10.0 Å². The minimum atomic E-state index is -3.67. The maximum absolute atomic E-state index is 12.5. The summed E-state index contributed by atoms with van der Waals surface area (Å²) in [6.07, 6.45) is 0.500. The number of sulfonamides is 1. The highest BCUT2D eigenvalue weighted by Gasteiger charge is 2.33. The van der Waals surface area contributed by atoms with Gasteiger partial charge < -0.3 is 5.32 Å². The number of rotatable bonds is 5. The number of nitrogens with one attached hydrogen (secondary N) is 2. The van der Waals surface area contributed by atoms with E-state index >= 15 is 0 Å². The smallest absolute Gasteiger partial charge is 0.264 e. The van der Waals surface area contributed by atoms with E-state index in [9.17, 15) is 13.2 Å². The van der Waals surface area contributed by atoms with Gasteiger partial charge in [-0.25, -0.2) is 8.42 Å². The van der Waals surface area contributed by atoms with E-state index < -0.39 is 10.0 Å². The molecule has 6 nitrogen and oxygen atoms in total. The zero-order chi connectivity index (χ0) is 17.9. The van der Waals surface area contributed by atoms with Crippen molar-refractivity contribution >= 4 is 26.7 Å². The second-order valence-corrected chi connectivity index (χ2v) is 7.64. The predicted molar refractivity (Wildman–Crippen MR) is 96.0 cm³/mol. The summed E-state index contributed by atoms with van der Waals surface area (Å²) in [5.41, 5.74) is 2.29. The lowest BCUT2D eigenvalue weighted by Crippen LogP contribution is -2.33. The Morgan fingerprint density at radius 3 is 2.42 bits per heavy atom. The molecule has 0 bridgehead atoms. The second-order valence-electron chi connectivity index (χ2n) is 6.02. The third kappa shape index (κ3) is 4.03. The van der Waals surface area contributed by atoms with E-state index in [4.69, 9.17) is 0 Å². The van der Waals surface area contributed by atoms with Crippen LogP contribution in [0.5, 0.6) is 0 Å². The molecule has 1 aliphatic rings. The third-order valence-corrected chi connectivity index (χ3v) is 5.04. The average molecular weight is 349 g/mol. The van der Waals surface area contributed by atoms with Crippen LogP contribution in [0.4, 0.5) is 0 Å². The van der Waals surface area contributed by atoms with Crippen LogP contribution >= 0.6 is 0 Å². The highest BCUT2D eigenvalue weighted by atomic mass is 32.2. The van der Waals surface area contributed by atoms with Crippen LogP contribution in [-0.4, -0.2) is 32.7 Å². The van der Waals surface area contributed by atoms with Crippen LogP contribution in [0.25, 0.3) is 4.91 Å². The van der Waals surface area contributed by atoms with Crippen LogP contribution in [0.3, 0.4) is 0 Å². The first kappa shape index (κ1) is 18.2. The lowest BCUT2D eigenvalue weighted by molar-refractivity contribution is -0.120. The zero-order valence-electron chi connectivity index (χ0n) is 14.4. The van der Waals surface area contributed by atoms with E-state index in [0.717, 1.165) is 5.56 Å². The molecule has 0 aliphatic carbocycles. The van der Waals surface area contributed by atoms with Crippen molar-refractivity contribution in [2.24, 2.45) is 4.99 Å². The molecule has 0 spiro atoms. The van der Waals surface area contributed by atoms with Crippen LogP contribution in [-0.2, 0) is 14.8 Å². The van der Waals surface area contributed by atoms with Gasteiger partial charge in [-0.3, -0.25) is 14.5 Å². The summed E-state index contributed by atoms with van der Waals surface area (Å²) in [7, 11) is -3.67. The highest BCUT2D eigenvalue weighted by molar-refractivity contribution is 8.00. The summed E-state index contributed by atoms with van der Waals surface area (Å²) in [5, 5.41) is 2.73. The molecule has 0 radical (unpaired) electrons. The molecule has 0 saturated heterocycles. The summed E-state index contributed by atoms with van der Waals surface area (Å²) < 4.78 is 27.5. The number of hydrogen-bond acceptors (Lipinski definition) is 4. The lowest BCUT2D eigenvalue weighted by Gasteiger charge is -2.07. The Morgan fingerprint density at radius 2 is 1.88 bits per heavy atom. The number of nitrogens with zero attached hydrogens (tertiary/aromatic N) is 1. The van der Waals surface area contributed by atoms with Crippen molar-refractivity contribution in [2.45, 2.75) is 40.2 Å². The van der Waals surface area contributed by atoms with Crippen LogP contribution in [0.15, 0.2) is 34.8 Å². The monoisotopic (exact) mass is 349 g/mol. The van der Waals surface area contributed by atoms with Gasteiger partial charge in [0.15, 0.2) is 0 Å². The zero-order valence-corrected chi connectivity index (χ0v) is 15.2. The molecule has 1 aromatic rings. The Bertz CT molecular complexity index is 791. The van der Waals surface area contributed by atoms with Crippen LogP contribution in [0, 0.1) is 6.92 Å². The normalized spacial score (nSPS) is 18.1. The molecule has 1 heterocycles. The van der Waals surface area contributed by atoms with Gasteiger partial charge in [-0.05, 0) is 32.8 Å². The van der Waals surface area contributed by atoms with Crippen LogP contribution in [0.2, 0.25) is 0 Å². The fraction of sp³-hybridized carbons (Fsp3) is 0.412. The number of benzene rings is 1. The van der Waals surface area contributed by atoms with Gasteiger partial charge in [0.05, 0.1) is 0 Å². The van der Waals surface area contributed by atoms with E-state index in [0.29, 0.717) is 17.6 Å². The van der Waals surface area contributed by atoms with Crippen molar-refractivity contribution < 1.29 is 13.2 Å². The average Bonchev–Trinajstić information content (AvgIpc) is 2.75. The van der Waals surface area contributed by atoms with E-state index in [-0.39, 0.29) is 29.2 Å². The van der Waals surface area contributed by atoms with Crippen molar-refractivity contribution in [3.05, 3.63) is 41.0 Å². The first-order valence-electron chi connectivity index (χ1n) is 7.91. The molecule has 0 saturated carbocycles. The van der Waals surface area contributed by atoms with E-state index in [1.54, 1.807) is 12.1 Å². The van der Waals surface area contributed by atoms with Crippen molar-refractivity contribution in [2.75, 3.05) is 6.54 Å². The molecule has 1 aliphatic heterocycles. The van der Waals surface area contributed by atoms with E-state index in [2.05, 4.69) is 15.0 Å². The van der Waals surface area contributed by atoms with Gasteiger partial charge in [0.2, 0.25) is 5.91 Å². The number of amides is 1. The number of aryl methyl sites for hydroxylation is 1. The molecule has 2 N–H and O–H groups in total. The Kier molecular flexibility index (Phi) is 5.43. The largest absolute Gasteiger partial charge is 0.352 e. The molecule has 0 aromatic heterocycles. The molecule has 1 amide bonds. The molecule has 0 unspecified atom stereocenters. The summed E-state index contributed by atoms with van der Waals surface area (Å²) in [6, 6.07) is 7.33. The molecule has 1 aromatic carbocycles. The Balaban J connectivity index is 2.39. The maximum Gasteiger partial charge on any atom is 0.264 e. The lowest BCUT2D eigenvalue weighted by atomic mass is 10.1. The molecular formula is C17H23N3O3S. The van der Waals surface area contributed by atoms with E-state index in [1.807, 2.05) is 39.8 Å². The molecule has 0 fully saturated rings. The van der Waals surface area contributed by atoms with Crippen molar-refractivity contribution in [1.82, 2.24) is 10.0 Å². The predicted octanol–water partition coefficient (Wildman–Crippen LogP) is 1.97. The summed E-state index contributed by atoms with van der Waals surface area (Å²) >= 11 is 0.